The van der Waals surface area contributed by atoms with E-state index in [1.54, 1.807) is 20.8 Å². The van der Waals surface area contributed by atoms with Crippen molar-refractivity contribution in [1.82, 2.24) is 10.6 Å². The van der Waals surface area contributed by atoms with Crippen LogP contribution in [0.2, 0.25) is 0 Å². The zero-order valence-corrected chi connectivity index (χ0v) is 19.3. The molecule has 35 heavy (non-hydrogen) atoms. The first-order valence-corrected chi connectivity index (χ1v) is 10.6. The molecule has 8 nitrogen and oxygen atoms in total. The van der Waals surface area contributed by atoms with Crippen LogP contribution in [0.25, 0.3) is 0 Å². The summed E-state index contributed by atoms with van der Waals surface area (Å²) in [6, 6.07) is 7.07. The normalized spacial score (nSPS) is 13.4. The second-order valence-electron chi connectivity index (χ2n) is 8.87. The Labute approximate surface area is 200 Å². The third-order valence-electron chi connectivity index (χ3n) is 4.72. The number of carboxylic acids is 1. The Morgan fingerprint density at radius 2 is 1.34 bits per heavy atom. The van der Waals surface area contributed by atoms with Gasteiger partial charge in [0.1, 0.15) is 23.4 Å². The van der Waals surface area contributed by atoms with Gasteiger partial charge in [-0.3, -0.25) is 4.79 Å². The molecule has 0 aliphatic rings. The van der Waals surface area contributed by atoms with Gasteiger partial charge in [-0.05, 0) is 56.2 Å². The largest absolute Gasteiger partial charge is 0.508 e. The van der Waals surface area contributed by atoms with Gasteiger partial charge < -0.3 is 25.6 Å². The highest BCUT2D eigenvalue weighted by atomic mass is 19.4. The lowest BCUT2D eigenvalue weighted by molar-refractivity contribution is -0.142. The standard InChI is InChI=1S/C24H27F3N2O6/c1-23(2,3)35-22(34)29-18(12-15-6-10-17(30)11-7-15)20(31)28-19(21(32)33)13-14-4-8-16(9-5-14)24(25,26)27/h4-11,18-19,30H,12-13H2,1-3H3,(H,28,31)(H,29,34)(H,32,33). The molecule has 0 bridgehead atoms. The maximum atomic E-state index is 13.0. The molecule has 190 valence electrons. The van der Waals surface area contributed by atoms with E-state index in [2.05, 4.69) is 10.6 Å². The first-order valence-electron chi connectivity index (χ1n) is 10.6. The highest BCUT2D eigenvalue weighted by Gasteiger charge is 2.31. The fraction of sp³-hybridized carbons (Fsp3) is 0.375. The summed E-state index contributed by atoms with van der Waals surface area (Å²) in [7, 11) is 0. The molecule has 2 rings (SSSR count). The molecule has 4 N–H and O–H groups in total. The number of aromatic hydroxyl groups is 1. The summed E-state index contributed by atoms with van der Waals surface area (Å²) >= 11 is 0. The number of hydrogen-bond acceptors (Lipinski definition) is 5. The average Bonchev–Trinajstić information content (AvgIpc) is 2.72. The summed E-state index contributed by atoms with van der Waals surface area (Å²) in [6.07, 6.45) is -5.76. The van der Waals surface area contributed by atoms with Gasteiger partial charge in [-0.1, -0.05) is 24.3 Å². The van der Waals surface area contributed by atoms with E-state index in [0.29, 0.717) is 5.56 Å². The van der Waals surface area contributed by atoms with E-state index >= 15 is 0 Å². The Kier molecular flexibility index (Phi) is 8.72. The van der Waals surface area contributed by atoms with Crippen LogP contribution in [0.3, 0.4) is 0 Å². The molecule has 0 aliphatic heterocycles. The number of hydrogen-bond donors (Lipinski definition) is 4. The molecule has 0 heterocycles. The summed E-state index contributed by atoms with van der Waals surface area (Å²) in [5, 5.41) is 23.8. The van der Waals surface area contributed by atoms with Crippen LogP contribution in [-0.2, 0) is 33.3 Å². The average molecular weight is 496 g/mol. The lowest BCUT2D eigenvalue weighted by atomic mass is 10.0. The number of aliphatic carboxylic acids is 1. The number of carbonyl (C=O) groups excluding carboxylic acids is 2. The SMILES string of the molecule is CC(C)(C)OC(=O)NC(Cc1ccc(O)cc1)C(=O)NC(Cc1ccc(C(F)(F)F)cc1)C(=O)O. The number of phenols is 1. The number of phenolic OH excluding ortho intramolecular Hbond substituents is 1. The van der Waals surface area contributed by atoms with Crippen LogP contribution in [0.4, 0.5) is 18.0 Å². The van der Waals surface area contributed by atoms with E-state index in [-0.39, 0.29) is 24.2 Å². The van der Waals surface area contributed by atoms with E-state index in [0.717, 1.165) is 24.3 Å². The van der Waals surface area contributed by atoms with E-state index < -0.39 is 47.4 Å². The summed E-state index contributed by atoms with van der Waals surface area (Å²) in [5.74, 6) is -2.24. The number of rotatable bonds is 8. The summed E-state index contributed by atoms with van der Waals surface area (Å²) in [4.78, 5) is 37.0. The number of alkyl carbamates (subject to hydrolysis) is 1. The van der Waals surface area contributed by atoms with Crippen molar-refractivity contribution in [2.75, 3.05) is 0 Å². The number of carbonyl (C=O) groups is 3. The van der Waals surface area contributed by atoms with Crippen molar-refractivity contribution < 1.29 is 42.5 Å². The fourth-order valence-electron chi connectivity index (χ4n) is 3.06. The summed E-state index contributed by atoms with van der Waals surface area (Å²) < 4.78 is 43.5. The first-order chi connectivity index (χ1) is 16.1. The second kappa shape index (κ2) is 11.1. The molecule has 0 saturated heterocycles. The zero-order valence-electron chi connectivity index (χ0n) is 19.3. The summed E-state index contributed by atoms with van der Waals surface area (Å²) in [6.45, 7) is 4.89. The molecule has 0 saturated carbocycles. The number of nitrogens with one attached hydrogen (secondary N) is 2. The predicted molar refractivity (Wildman–Crippen MR) is 120 cm³/mol. The minimum Gasteiger partial charge on any atom is -0.508 e. The van der Waals surface area contributed by atoms with Crippen LogP contribution in [0, 0.1) is 0 Å². The second-order valence-corrected chi connectivity index (χ2v) is 8.87. The number of benzene rings is 2. The van der Waals surface area contributed by atoms with Crippen LogP contribution >= 0.6 is 0 Å². The minimum absolute atomic E-state index is 0.00247. The lowest BCUT2D eigenvalue weighted by Gasteiger charge is -2.24. The third-order valence-corrected chi connectivity index (χ3v) is 4.72. The number of alkyl halides is 3. The molecule has 2 aromatic carbocycles. The minimum atomic E-state index is -4.53. The number of halogens is 3. The molecule has 0 aliphatic carbocycles. The van der Waals surface area contributed by atoms with Crippen molar-refractivity contribution >= 4 is 18.0 Å². The quantitative estimate of drug-likeness (QED) is 0.442. The van der Waals surface area contributed by atoms with Crippen LogP contribution in [0.1, 0.15) is 37.5 Å². The van der Waals surface area contributed by atoms with Gasteiger partial charge in [-0.15, -0.1) is 0 Å². The molecule has 0 fully saturated rings. The van der Waals surface area contributed by atoms with Crippen molar-refractivity contribution in [2.24, 2.45) is 0 Å². The lowest BCUT2D eigenvalue weighted by Crippen LogP contribution is -2.53. The van der Waals surface area contributed by atoms with Crippen LogP contribution < -0.4 is 10.6 Å². The van der Waals surface area contributed by atoms with Gasteiger partial charge in [0.25, 0.3) is 0 Å². The summed E-state index contributed by atoms with van der Waals surface area (Å²) in [5.41, 5.74) is -0.905. The highest BCUT2D eigenvalue weighted by Crippen LogP contribution is 2.29. The van der Waals surface area contributed by atoms with E-state index in [4.69, 9.17) is 4.74 Å². The molecule has 2 unspecified atom stereocenters. The van der Waals surface area contributed by atoms with Crippen molar-refractivity contribution in [2.45, 2.75) is 57.5 Å². The Balaban J connectivity index is 2.19. The monoisotopic (exact) mass is 496 g/mol. The Morgan fingerprint density at radius 1 is 0.857 bits per heavy atom. The van der Waals surface area contributed by atoms with Crippen LogP contribution in [-0.4, -0.2) is 45.9 Å². The van der Waals surface area contributed by atoms with Crippen molar-refractivity contribution in [3.8, 4) is 5.75 Å². The topological polar surface area (TPSA) is 125 Å². The Morgan fingerprint density at radius 3 is 1.80 bits per heavy atom. The number of carboxylic acid groups (broad SMARTS) is 1. The molecule has 2 aromatic rings. The molecular weight excluding hydrogens is 469 g/mol. The highest BCUT2D eigenvalue weighted by molar-refractivity contribution is 5.89. The maximum absolute atomic E-state index is 13.0. The molecule has 0 radical (unpaired) electrons. The number of ether oxygens (including phenoxy) is 1. The Hall–Kier alpha value is -3.76. The van der Waals surface area contributed by atoms with E-state index in [1.165, 1.54) is 24.3 Å². The Bertz CT molecular complexity index is 1030. The van der Waals surface area contributed by atoms with Gasteiger partial charge in [0.2, 0.25) is 5.91 Å². The van der Waals surface area contributed by atoms with Crippen molar-refractivity contribution in [3.63, 3.8) is 0 Å². The van der Waals surface area contributed by atoms with Gasteiger partial charge in [-0.25, -0.2) is 9.59 Å². The van der Waals surface area contributed by atoms with Gasteiger partial charge >= 0.3 is 18.2 Å². The molecule has 2 atom stereocenters. The van der Waals surface area contributed by atoms with Gasteiger partial charge in [-0.2, -0.15) is 13.2 Å². The van der Waals surface area contributed by atoms with Crippen molar-refractivity contribution in [1.29, 1.82) is 0 Å². The first kappa shape index (κ1) is 27.5. The molecule has 11 heteroatoms. The molecule has 2 amide bonds. The van der Waals surface area contributed by atoms with Crippen LogP contribution in [0.15, 0.2) is 48.5 Å². The van der Waals surface area contributed by atoms with Crippen molar-refractivity contribution in [3.05, 3.63) is 65.2 Å². The molecular formula is C24H27F3N2O6. The molecule has 0 spiro atoms. The van der Waals surface area contributed by atoms with Gasteiger partial charge in [0.15, 0.2) is 0 Å². The van der Waals surface area contributed by atoms with Gasteiger partial charge in [0, 0.05) is 12.8 Å². The van der Waals surface area contributed by atoms with Crippen LogP contribution in [0.5, 0.6) is 5.75 Å². The number of amides is 2. The van der Waals surface area contributed by atoms with E-state index in [1.807, 2.05) is 0 Å². The van der Waals surface area contributed by atoms with E-state index in [9.17, 15) is 37.8 Å². The zero-order chi connectivity index (χ0) is 26.4. The third kappa shape index (κ3) is 9.19. The maximum Gasteiger partial charge on any atom is 0.416 e. The predicted octanol–water partition coefficient (Wildman–Crippen LogP) is 3.66. The smallest absolute Gasteiger partial charge is 0.416 e. The fourth-order valence-corrected chi connectivity index (χ4v) is 3.06. The van der Waals surface area contributed by atoms with Gasteiger partial charge in [0.05, 0.1) is 5.56 Å². The molecule has 0 aromatic heterocycles.